The molecule has 2 rings (SSSR count). The summed E-state index contributed by atoms with van der Waals surface area (Å²) in [6, 6.07) is 13.2. The fourth-order valence-corrected chi connectivity index (χ4v) is 3.37. The molecule has 0 heterocycles. The van der Waals surface area contributed by atoms with Crippen LogP contribution in [0.2, 0.25) is 0 Å². The molecule has 0 saturated carbocycles. The zero-order valence-corrected chi connectivity index (χ0v) is 14.8. The van der Waals surface area contributed by atoms with Crippen LogP contribution in [0.4, 0.5) is 4.39 Å². The SMILES string of the molecule is CC(C)(C)NCc1cccc(F)c1Sc1cccc(Br)c1. The van der Waals surface area contributed by atoms with E-state index in [4.69, 9.17) is 0 Å². The first-order chi connectivity index (χ1) is 9.85. The number of hydrogen-bond acceptors (Lipinski definition) is 2. The van der Waals surface area contributed by atoms with E-state index in [9.17, 15) is 4.39 Å². The zero-order chi connectivity index (χ0) is 15.5. The van der Waals surface area contributed by atoms with Crippen LogP contribution in [0, 0.1) is 5.82 Å². The van der Waals surface area contributed by atoms with Crippen LogP contribution < -0.4 is 5.32 Å². The highest BCUT2D eigenvalue weighted by molar-refractivity contribution is 9.10. The summed E-state index contributed by atoms with van der Waals surface area (Å²) in [7, 11) is 0. The van der Waals surface area contributed by atoms with Gasteiger partial charge in [-0.3, -0.25) is 0 Å². The lowest BCUT2D eigenvalue weighted by Gasteiger charge is -2.21. The van der Waals surface area contributed by atoms with Crippen molar-refractivity contribution in [2.24, 2.45) is 0 Å². The standard InChI is InChI=1S/C17H19BrFNS/c1-17(2,3)20-11-12-6-4-9-15(19)16(12)21-14-8-5-7-13(18)10-14/h4-10,20H,11H2,1-3H3. The molecule has 0 aliphatic rings. The van der Waals surface area contributed by atoms with Gasteiger partial charge in [0.1, 0.15) is 5.82 Å². The van der Waals surface area contributed by atoms with Crippen LogP contribution in [0.3, 0.4) is 0 Å². The summed E-state index contributed by atoms with van der Waals surface area (Å²) in [6.45, 7) is 6.96. The Morgan fingerprint density at radius 2 is 1.86 bits per heavy atom. The first kappa shape index (κ1) is 16.5. The van der Waals surface area contributed by atoms with E-state index in [0.29, 0.717) is 11.4 Å². The van der Waals surface area contributed by atoms with Crippen LogP contribution in [-0.4, -0.2) is 5.54 Å². The second-order valence-corrected chi connectivity index (χ2v) is 7.89. The van der Waals surface area contributed by atoms with Crippen molar-refractivity contribution in [1.82, 2.24) is 5.32 Å². The normalized spacial score (nSPS) is 11.7. The van der Waals surface area contributed by atoms with Crippen molar-refractivity contribution < 1.29 is 4.39 Å². The summed E-state index contributed by atoms with van der Waals surface area (Å²) in [6.07, 6.45) is 0. The molecule has 0 amide bonds. The number of rotatable bonds is 4. The average Bonchev–Trinajstić information content (AvgIpc) is 2.39. The molecular weight excluding hydrogens is 349 g/mol. The summed E-state index contributed by atoms with van der Waals surface area (Å²) >= 11 is 4.91. The smallest absolute Gasteiger partial charge is 0.137 e. The lowest BCUT2D eigenvalue weighted by atomic mass is 10.1. The topological polar surface area (TPSA) is 12.0 Å². The van der Waals surface area contributed by atoms with Crippen molar-refractivity contribution in [2.75, 3.05) is 0 Å². The Morgan fingerprint density at radius 1 is 1.14 bits per heavy atom. The largest absolute Gasteiger partial charge is 0.308 e. The Balaban J connectivity index is 2.25. The van der Waals surface area contributed by atoms with Crippen LogP contribution in [0.1, 0.15) is 26.3 Å². The van der Waals surface area contributed by atoms with Gasteiger partial charge in [0, 0.05) is 21.5 Å². The van der Waals surface area contributed by atoms with Crippen molar-refractivity contribution in [1.29, 1.82) is 0 Å². The second-order valence-electron chi connectivity index (χ2n) is 5.89. The van der Waals surface area contributed by atoms with Gasteiger partial charge in [-0.2, -0.15) is 0 Å². The molecule has 2 aromatic rings. The number of hydrogen-bond donors (Lipinski definition) is 1. The molecule has 0 aliphatic carbocycles. The van der Waals surface area contributed by atoms with Crippen LogP contribution >= 0.6 is 27.7 Å². The Bertz CT molecular complexity index is 622. The van der Waals surface area contributed by atoms with Gasteiger partial charge in [-0.05, 0) is 50.6 Å². The molecule has 1 N–H and O–H groups in total. The molecule has 0 atom stereocenters. The maximum Gasteiger partial charge on any atom is 0.137 e. The van der Waals surface area contributed by atoms with E-state index in [-0.39, 0.29) is 11.4 Å². The summed E-state index contributed by atoms with van der Waals surface area (Å²) in [4.78, 5) is 1.71. The molecule has 0 radical (unpaired) electrons. The first-order valence-corrected chi connectivity index (χ1v) is 8.42. The number of nitrogens with one attached hydrogen (secondary N) is 1. The highest BCUT2D eigenvalue weighted by atomic mass is 79.9. The molecule has 1 nitrogen and oxygen atoms in total. The molecule has 0 aliphatic heterocycles. The molecule has 4 heteroatoms. The Kier molecular flexibility index (Phi) is 5.47. The molecule has 21 heavy (non-hydrogen) atoms. The van der Waals surface area contributed by atoms with Crippen LogP contribution in [0.5, 0.6) is 0 Å². The molecule has 0 spiro atoms. The fraction of sp³-hybridized carbons (Fsp3) is 0.294. The molecule has 112 valence electrons. The minimum atomic E-state index is -0.173. The van der Waals surface area contributed by atoms with Crippen LogP contribution in [0.15, 0.2) is 56.7 Å². The minimum Gasteiger partial charge on any atom is -0.308 e. The molecule has 0 unspecified atom stereocenters. The maximum absolute atomic E-state index is 14.2. The van der Waals surface area contributed by atoms with E-state index in [1.165, 1.54) is 17.8 Å². The maximum atomic E-state index is 14.2. The first-order valence-electron chi connectivity index (χ1n) is 6.81. The Morgan fingerprint density at radius 3 is 2.52 bits per heavy atom. The third-order valence-corrected chi connectivity index (χ3v) is 4.52. The van der Waals surface area contributed by atoms with E-state index < -0.39 is 0 Å². The highest BCUT2D eigenvalue weighted by Gasteiger charge is 2.14. The third kappa shape index (κ3) is 5.13. The fourth-order valence-electron chi connectivity index (χ4n) is 1.82. The highest BCUT2D eigenvalue weighted by Crippen LogP contribution is 2.34. The van der Waals surface area contributed by atoms with Crippen molar-refractivity contribution in [3.8, 4) is 0 Å². The minimum absolute atomic E-state index is 0.00400. The molecule has 0 bridgehead atoms. The average molecular weight is 368 g/mol. The van der Waals surface area contributed by atoms with Crippen molar-refractivity contribution >= 4 is 27.7 Å². The lowest BCUT2D eigenvalue weighted by molar-refractivity contribution is 0.421. The summed E-state index contributed by atoms with van der Waals surface area (Å²) < 4.78 is 15.2. The van der Waals surface area contributed by atoms with E-state index in [1.807, 2.05) is 30.3 Å². The molecule has 2 aromatic carbocycles. The predicted molar refractivity (Wildman–Crippen MR) is 91.3 cm³/mol. The van der Waals surface area contributed by atoms with Gasteiger partial charge in [0.05, 0.1) is 4.90 Å². The summed E-state index contributed by atoms with van der Waals surface area (Å²) in [5, 5.41) is 3.41. The summed E-state index contributed by atoms with van der Waals surface area (Å²) in [5.41, 5.74) is 0.985. The molecule has 0 saturated heterocycles. The zero-order valence-electron chi connectivity index (χ0n) is 12.4. The van der Waals surface area contributed by atoms with Crippen LogP contribution in [-0.2, 0) is 6.54 Å². The van der Waals surface area contributed by atoms with Gasteiger partial charge < -0.3 is 5.32 Å². The van der Waals surface area contributed by atoms with Gasteiger partial charge in [-0.25, -0.2) is 4.39 Å². The van der Waals surface area contributed by atoms with Gasteiger partial charge in [0.25, 0.3) is 0 Å². The molecule has 0 fully saturated rings. The number of benzene rings is 2. The number of halogens is 2. The molecular formula is C17H19BrFNS. The van der Waals surface area contributed by atoms with E-state index >= 15 is 0 Å². The lowest BCUT2D eigenvalue weighted by Crippen LogP contribution is -2.35. The van der Waals surface area contributed by atoms with Gasteiger partial charge >= 0.3 is 0 Å². The van der Waals surface area contributed by atoms with Crippen molar-refractivity contribution in [3.63, 3.8) is 0 Å². The van der Waals surface area contributed by atoms with Gasteiger partial charge in [0.15, 0.2) is 0 Å². The van der Waals surface area contributed by atoms with Crippen molar-refractivity contribution in [3.05, 3.63) is 58.3 Å². The van der Waals surface area contributed by atoms with Gasteiger partial charge in [0.2, 0.25) is 0 Å². The van der Waals surface area contributed by atoms with E-state index in [1.54, 1.807) is 6.07 Å². The monoisotopic (exact) mass is 367 g/mol. The van der Waals surface area contributed by atoms with E-state index in [0.717, 1.165) is 14.9 Å². The van der Waals surface area contributed by atoms with E-state index in [2.05, 4.69) is 42.0 Å². The Labute approximate surface area is 138 Å². The second kappa shape index (κ2) is 6.95. The molecule has 0 aromatic heterocycles. The quantitative estimate of drug-likeness (QED) is 0.751. The van der Waals surface area contributed by atoms with Crippen molar-refractivity contribution in [2.45, 2.75) is 42.6 Å². The Hall–Kier alpha value is -0.840. The third-order valence-electron chi connectivity index (χ3n) is 2.87. The summed E-state index contributed by atoms with van der Waals surface area (Å²) in [5.74, 6) is -0.173. The van der Waals surface area contributed by atoms with Crippen LogP contribution in [0.25, 0.3) is 0 Å². The predicted octanol–water partition coefficient (Wildman–Crippen LogP) is 5.63. The van der Waals surface area contributed by atoms with Gasteiger partial charge in [-0.1, -0.05) is 45.9 Å². The van der Waals surface area contributed by atoms with Gasteiger partial charge in [-0.15, -0.1) is 0 Å².